The number of hydrogen-bond donors (Lipinski definition) is 1. The lowest BCUT2D eigenvalue weighted by atomic mass is 9.75. The minimum atomic E-state index is -0.880. The zero-order chi connectivity index (χ0) is 16.5. The minimum Gasteiger partial charge on any atom is -0.478 e. The molecule has 0 aliphatic heterocycles. The van der Waals surface area contributed by atoms with E-state index >= 15 is 0 Å². The smallest absolute Gasteiger partial charge is 0.335 e. The third-order valence-electron chi connectivity index (χ3n) is 4.30. The first kappa shape index (κ1) is 16.3. The molecule has 0 saturated carbocycles. The lowest BCUT2D eigenvalue weighted by Gasteiger charge is -2.29. The van der Waals surface area contributed by atoms with E-state index in [1.54, 1.807) is 12.1 Å². The lowest BCUT2D eigenvalue weighted by molar-refractivity contribution is 0.0694. The number of carbonyl (C=O) groups is 1. The molecular formula is C20H24O2. The summed E-state index contributed by atoms with van der Waals surface area (Å²) in [6.45, 7) is 10.7. The van der Waals surface area contributed by atoms with Gasteiger partial charge in [-0.3, -0.25) is 0 Å². The van der Waals surface area contributed by atoms with E-state index in [-0.39, 0.29) is 10.8 Å². The third kappa shape index (κ3) is 3.06. The highest BCUT2D eigenvalue weighted by atomic mass is 16.4. The molecule has 0 radical (unpaired) electrons. The van der Waals surface area contributed by atoms with Gasteiger partial charge in [-0.1, -0.05) is 77.1 Å². The monoisotopic (exact) mass is 296 g/mol. The number of aromatic carboxylic acids is 1. The SMILES string of the molecule is CC(C)(C)c1ccc(C(C)(C)c2ccccc2C(=O)O)cc1. The standard InChI is InChI=1S/C20H24O2/c1-19(2,3)14-10-12-15(13-11-14)20(4,5)17-9-7-6-8-16(17)18(21)22/h6-13H,1-5H3,(H,21,22). The number of carboxylic acid groups (broad SMARTS) is 1. The van der Waals surface area contributed by atoms with Crippen LogP contribution >= 0.6 is 0 Å². The van der Waals surface area contributed by atoms with Crippen LogP contribution in [0.25, 0.3) is 0 Å². The van der Waals surface area contributed by atoms with Crippen LogP contribution in [0, 0.1) is 0 Å². The van der Waals surface area contributed by atoms with E-state index in [9.17, 15) is 9.90 Å². The average molecular weight is 296 g/mol. The van der Waals surface area contributed by atoms with Crippen LogP contribution in [0.4, 0.5) is 0 Å². The highest BCUT2D eigenvalue weighted by molar-refractivity contribution is 5.90. The molecular weight excluding hydrogens is 272 g/mol. The summed E-state index contributed by atoms with van der Waals surface area (Å²) >= 11 is 0. The third-order valence-corrected chi connectivity index (χ3v) is 4.30. The van der Waals surface area contributed by atoms with Crippen LogP contribution in [-0.2, 0) is 10.8 Å². The Kier molecular flexibility index (Phi) is 4.15. The molecule has 2 rings (SSSR count). The van der Waals surface area contributed by atoms with Gasteiger partial charge in [0.05, 0.1) is 5.56 Å². The second kappa shape index (κ2) is 5.60. The van der Waals surface area contributed by atoms with E-state index in [0.29, 0.717) is 5.56 Å². The second-order valence-electron chi connectivity index (χ2n) is 7.30. The Balaban J connectivity index is 2.49. The van der Waals surface area contributed by atoms with E-state index in [4.69, 9.17) is 0 Å². The van der Waals surface area contributed by atoms with Crippen molar-refractivity contribution in [3.8, 4) is 0 Å². The van der Waals surface area contributed by atoms with Gasteiger partial charge in [0, 0.05) is 5.41 Å². The van der Waals surface area contributed by atoms with Crippen LogP contribution in [0.1, 0.15) is 61.7 Å². The van der Waals surface area contributed by atoms with Gasteiger partial charge in [0.15, 0.2) is 0 Å². The Bertz CT molecular complexity index is 674. The molecule has 116 valence electrons. The molecule has 2 aromatic rings. The van der Waals surface area contributed by atoms with Crippen LogP contribution in [-0.4, -0.2) is 11.1 Å². The van der Waals surface area contributed by atoms with Crippen molar-refractivity contribution < 1.29 is 9.90 Å². The Morgan fingerprint density at radius 2 is 1.32 bits per heavy atom. The molecule has 0 heterocycles. The molecule has 2 heteroatoms. The molecule has 0 aromatic heterocycles. The van der Waals surface area contributed by atoms with Gasteiger partial charge in [0.1, 0.15) is 0 Å². The van der Waals surface area contributed by atoms with E-state index in [0.717, 1.165) is 11.1 Å². The Labute approximate surface area is 132 Å². The van der Waals surface area contributed by atoms with E-state index < -0.39 is 5.97 Å². The molecule has 0 saturated heterocycles. The Morgan fingerprint density at radius 1 is 0.818 bits per heavy atom. The number of rotatable bonds is 3. The summed E-state index contributed by atoms with van der Waals surface area (Å²) in [6.07, 6.45) is 0. The fourth-order valence-corrected chi connectivity index (χ4v) is 2.76. The maximum Gasteiger partial charge on any atom is 0.335 e. The number of hydrogen-bond acceptors (Lipinski definition) is 1. The van der Waals surface area contributed by atoms with Crippen LogP contribution in [0.3, 0.4) is 0 Å². The zero-order valence-corrected chi connectivity index (χ0v) is 14.0. The fraction of sp³-hybridized carbons (Fsp3) is 0.350. The zero-order valence-electron chi connectivity index (χ0n) is 14.0. The molecule has 0 unspecified atom stereocenters. The van der Waals surface area contributed by atoms with Gasteiger partial charge in [-0.05, 0) is 28.2 Å². The van der Waals surface area contributed by atoms with Crippen LogP contribution in [0.5, 0.6) is 0 Å². The van der Waals surface area contributed by atoms with Crippen LogP contribution < -0.4 is 0 Å². The molecule has 1 N–H and O–H groups in total. The summed E-state index contributed by atoms with van der Waals surface area (Å²) in [6, 6.07) is 15.7. The highest BCUT2D eigenvalue weighted by Crippen LogP contribution is 2.34. The van der Waals surface area contributed by atoms with Crippen LogP contribution in [0.15, 0.2) is 48.5 Å². The van der Waals surface area contributed by atoms with Crippen molar-refractivity contribution in [3.63, 3.8) is 0 Å². The summed E-state index contributed by atoms with van der Waals surface area (Å²) < 4.78 is 0. The molecule has 0 aliphatic carbocycles. The molecule has 0 atom stereocenters. The molecule has 0 fully saturated rings. The predicted molar refractivity (Wildman–Crippen MR) is 90.7 cm³/mol. The quantitative estimate of drug-likeness (QED) is 0.864. The average Bonchev–Trinajstić information content (AvgIpc) is 2.46. The van der Waals surface area contributed by atoms with Gasteiger partial charge < -0.3 is 5.11 Å². The predicted octanol–water partition coefficient (Wildman–Crippen LogP) is 5.01. The van der Waals surface area contributed by atoms with Gasteiger partial charge in [-0.25, -0.2) is 4.79 Å². The molecule has 2 aromatic carbocycles. The maximum atomic E-state index is 11.5. The van der Waals surface area contributed by atoms with Crippen molar-refractivity contribution in [2.45, 2.75) is 45.4 Å². The van der Waals surface area contributed by atoms with Crippen molar-refractivity contribution >= 4 is 5.97 Å². The lowest BCUT2D eigenvalue weighted by Crippen LogP contribution is -2.23. The van der Waals surface area contributed by atoms with Gasteiger partial charge in [-0.2, -0.15) is 0 Å². The van der Waals surface area contributed by atoms with Crippen LogP contribution in [0.2, 0.25) is 0 Å². The number of carboxylic acids is 1. The summed E-state index contributed by atoms with van der Waals surface area (Å²) in [5.74, 6) is -0.880. The van der Waals surface area contributed by atoms with Crippen molar-refractivity contribution in [2.24, 2.45) is 0 Å². The van der Waals surface area contributed by atoms with Gasteiger partial charge in [0.2, 0.25) is 0 Å². The van der Waals surface area contributed by atoms with Crippen molar-refractivity contribution in [1.29, 1.82) is 0 Å². The van der Waals surface area contributed by atoms with Crippen molar-refractivity contribution in [3.05, 3.63) is 70.8 Å². The first-order valence-corrected chi connectivity index (χ1v) is 7.58. The van der Waals surface area contributed by atoms with Gasteiger partial charge in [-0.15, -0.1) is 0 Å². The van der Waals surface area contributed by atoms with Gasteiger partial charge in [0.25, 0.3) is 0 Å². The van der Waals surface area contributed by atoms with Crippen molar-refractivity contribution in [1.82, 2.24) is 0 Å². The largest absolute Gasteiger partial charge is 0.478 e. The Morgan fingerprint density at radius 3 is 1.82 bits per heavy atom. The highest BCUT2D eigenvalue weighted by Gasteiger charge is 2.28. The van der Waals surface area contributed by atoms with E-state index in [1.165, 1.54) is 5.56 Å². The molecule has 22 heavy (non-hydrogen) atoms. The number of benzene rings is 2. The molecule has 0 spiro atoms. The van der Waals surface area contributed by atoms with E-state index in [2.05, 4.69) is 58.9 Å². The summed E-state index contributed by atoms with van der Waals surface area (Å²) in [7, 11) is 0. The molecule has 0 aliphatic rings. The van der Waals surface area contributed by atoms with Gasteiger partial charge >= 0.3 is 5.97 Å². The summed E-state index contributed by atoms with van der Waals surface area (Å²) in [5.41, 5.74) is 3.36. The molecule has 0 bridgehead atoms. The second-order valence-corrected chi connectivity index (χ2v) is 7.30. The van der Waals surface area contributed by atoms with E-state index in [1.807, 2.05) is 12.1 Å². The molecule has 2 nitrogen and oxygen atoms in total. The fourth-order valence-electron chi connectivity index (χ4n) is 2.76. The Hall–Kier alpha value is -2.09. The van der Waals surface area contributed by atoms with Crippen molar-refractivity contribution in [2.75, 3.05) is 0 Å². The summed E-state index contributed by atoms with van der Waals surface area (Å²) in [4.78, 5) is 11.5. The normalized spacial score (nSPS) is 12.2. The maximum absolute atomic E-state index is 11.5. The topological polar surface area (TPSA) is 37.3 Å². The first-order chi connectivity index (χ1) is 10.1. The first-order valence-electron chi connectivity index (χ1n) is 7.58. The summed E-state index contributed by atoms with van der Waals surface area (Å²) in [5, 5.41) is 9.43. The molecule has 0 amide bonds. The minimum absolute atomic E-state index is 0.113.